The third kappa shape index (κ3) is 6.76. The molecule has 0 saturated heterocycles. The second-order valence-corrected chi connectivity index (χ2v) is 5.76. The van der Waals surface area contributed by atoms with Gasteiger partial charge in [0.05, 0.1) is 13.5 Å². The van der Waals surface area contributed by atoms with Crippen LogP contribution in [-0.2, 0) is 16.0 Å². The Morgan fingerprint density at radius 3 is 2.62 bits per heavy atom. The van der Waals surface area contributed by atoms with Crippen molar-refractivity contribution < 1.29 is 9.53 Å². The predicted molar refractivity (Wildman–Crippen MR) is 87.6 cm³/mol. The van der Waals surface area contributed by atoms with Gasteiger partial charge in [0.15, 0.2) is 0 Å². The topological polar surface area (TPSA) is 38.3 Å². The fraction of sp³-hybridized carbons (Fsp3) is 0.611. The van der Waals surface area contributed by atoms with E-state index in [2.05, 4.69) is 44.3 Å². The number of benzene rings is 1. The summed E-state index contributed by atoms with van der Waals surface area (Å²) in [5.74, 6) is -0.146. The number of hydrogen-bond donors (Lipinski definition) is 1. The van der Waals surface area contributed by atoms with Gasteiger partial charge in [0.1, 0.15) is 0 Å². The quantitative estimate of drug-likeness (QED) is 0.558. The Morgan fingerprint density at radius 1 is 1.24 bits per heavy atom. The summed E-state index contributed by atoms with van der Waals surface area (Å²) in [5.41, 5.74) is 3.88. The number of rotatable bonds is 9. The zero-order valence-electron chi connectivity index (χ0n) is 13.9. The molecule has 1 N–H and O–H groups in total. The Bertz CT molecular complexity index is 443. The minimum absolute atomic E-state index is 0.146. The number of hydrogen-bond acceptors (Lipinski definition) is 3. The summed E-state index contributed by atoms with van der Waals surface area (Å²) in [6.45, 7) is 7.40. The number of esters is 1. The van der Waals surface area contributed by atoms with Gasteiger partial charge in [-0.25, -0.2) is 0 Å². The maximum Gasteiger partial charge on any atom is 0.307 e. The van der Waals surface area contributed by atoms with Crippen LogP contribution < -0.4 is 5.32 Å². The lowest BCUT2D eigenvalue weighted by atomic mass is 9.99. The van der Waals surface area contributed by atoms with E-state index in [0.29, 0.717) is 6.42 Å². The van der Waals surface area contributed by atoms with Crippen LogP contribution in [0.3, 0.4) is 0 Å². The van der Waals surface area contributed by atoms with Crippen LogP contribution in [-0.4, -0.2) is 25.7 Å². The van der Waals surface area contributed by atoms with Crippen LogP contribution in [0, 0.1) is 13.8 Å². The van der Waals surface area contributed by atoms with E-state index in [-0.39, 0.29) is 12.0 Å². The zero-order valence-corrected chi connectivity index (χ0v) is 13.9. The first-order valence-electron chi connectivity index (χ1n) is 7.93. The molecule has 0 bridgehead atoms. The highest BCUT2D eigenvalue weighted by Gasteiger charge is 2.14. The molecule has 3 nitrogen and oxygen atoms in total. The third-order valence-corrected chi connectivity index (χ3v) is 3.91. The van der Waals surface area contributed by atoms with Crippen LogP contribution in [0.4, 0.5) is 0 Å². The molecular formula is C18H29NO2. The molecule has 1 aromatic rings. The van der Waals surface area contributed by atoms with Gasteiger partial charge in [-0.05, 0) is 49.9 Å². The molecule has 21 heavy (non-hydrogen) atoms. The summed E-state index contributed by atoms with van der Waals surface area (Å²) in [7, 11) is 1.45. The maximum atomic E-state index is 11.6. The van der Waals surface area contributed by atoms with Crippen molar-refractivity contribution in [3.05, 3.63) is 34.9 Å². The molecule has 0 saturated carbocycles. The van der Waals surface area contributed by atoms with Crippen molar-refractivity contribution in [2.75, 3.05) is 13.7 Å². The molecule has 118 valence electrons. The lowest BCUT2D eigenvalue weighted by Crippen LogP contribution is -2.34. The van der Waals surface area contributed by atoms with E-state index in [1.807, 2.05) is 0 Å². The van der Waals surface area contributed by atoms with Gasteiger partial charge in [0.25, 0.3) is 0 Å². The average molecular weight is 291 g/mol. The predicted octanol–water partition coefficient (Wildman–Crippen LogP) is 3.56. The van der Waals surface area contributed by atoms with Crippen LogP contribution in [0.2, 0.25) is 0 Å². The molecule has 0 aromatic heterocycles. The Hall–Kier alpha value is -1.35. The Labute approximate surface area is 129 Å². The lowest BCUT2D eigenvalue weighted by Gasteiger charge is -2.18. The number of nitrogens with one attached hydrogen (secondary N) is 1. The van der Waals surface area contributed by atoms with Gasteiger partial charge in [-0.1, -0.05) is 38.0 Å². The van der Waals surface area contributed by atoms with Gasteiger partial charge in [-0.15, -0.1) is 0 Å². The van der Waals surface area contributed by atoms with Gasteiger partial charge in [-0.3, -0.25) is 4.79 Å². The number of carbonyl (C=O) groups excluding carboxylic acids is 1. The average Bonchev–Trinajstić information content (AvgIpc) is 2.47. The summed E-state index contributed by atoms with van der Waals surface area (Å²) in [6.07, 6.45) is 4.88. The Balaban J connectivity index is 2.61. The van der Waals surface area contributed by atoms with E-state index in [4.69, 9.17) is 4.74 Å². The molecule has 0 aliphatic heterocycles. The first-order valence-corrected chi connectivity index (χ1v) is 7.93. The van der Waals surface area contributed by atoms with Crippen molar-refractivity contribution in [3.63, 3.8) is 0 Å². The highest BCUT2D eigenvalue weighted by Crippen LogP contribution is 2.13. The van der Waals surface area contributed by atoms with E-state index in [1.54, 1.807) is 0 Å². The summed E-state index contributed by atoms with van der Waals surface area (Å²) >= 11 is 0. The molecule has 1 rings (SSSR count). The van der Waals surface area contributed by atoms with Crippen molar-refractivity contribution in [1.82, 2.24) is 5.32 Å². The van der Waals surface area contributed by atoms with Crippen LogP contribution in [0.15, 0.2) is 18.2 Å². The Morgan fingerprint density at radius 2 is 2.00 bits per heavy atom. The van der Waals surface area contributed by atoms with E-state index < -0.39 is 0 Å². The van der Waals surface area contributed by atoms with Crippen LogP contribution in [0.1, 0.15) is 49.3 Å². The first-order chi connectivity index (χ1) is 10.1. The minimum atomic E-state index is -0.146. The monoisotopic (exact) mass is 291 g/mol. The standard InChI is InChI=1S/C18H29NO2/c1-5-6-7-10-19-17(13-18(20)21-4)12-16-9-8-14(2)15(3)11-16/h8-9,11,17,19H,5-7,10,12-13H2,1-4H3. The fourth-order valence-corrected chi connectivity index (χ4v) is 2.40. The van der Waals surface area contributed by atoms with Gasteiger partial charge >= 0.3 is 5.97 Å². The van der Waals surface area contributed by atoms with E-state index >= 15 is 0 Å². The molecule has 0 aliphatic carbocycles. The molecule has 0 spiro atoms. The molecular weight excluding hydrogens is 262 g/mol. The second kappa shape index (κ2) is 9.56. The summed E-state index contributed by atoms with van der Waals surface area (Å²) in [6, 6.07) is 6.67. The molecule has 0 heterocycles. The Kier molecular flexibility index (Phi) is 8.06. The normalized spacial score (nSPS) is 12.2. The van der Waals surface area contributed by atoms with Gasteiger partial charge in [-0.2, -0.15) is 0 Å². The summed E-state index contributed by atoms with van der Waals surface area (Å²) < 4.78 is 4.81. The van der Waals surface area contributed by atoms with Crippen molar-refractivity contribution in [1.29, 1.82) is 0 Å². The molecule has 1 atom stereocenters. The maximum absolute atomic E-state index is 11.6. The zero-order chi connectivity index (χ0) is 15.7. The van der Waals surface area contributed by atoms with Crippen molar-refractivity contribution in [2.24, 2.45) is 0 Å². The van der Waals surface area contributed by atoms with Crippen LogP contribution in [0.25, 0.3) is 0 Å². The summed E-state index contributed by atoms with van der Waals surface area (Å²) in [4.78, 5) is 11.6. The highest BCUT2D eigenvalue weighted by molar-refractivity contribution is 5.70. The van der Waals surface area contributed by atoms with E-state index in [1.165, 1.54) is 36.6 Å². The molecule has 3 heteroatoms. The number of methoxy groups -OCH3 is 1. The molecule has 1 unspecified atom stereocenters. The van der Waals surface area contributed by atoms with Crippen molar-refractivity contribution >= 4 is 5.97 Å². The van der Waals surface area contributed by atoms with E-state index in [0.717, 1.165) is 19.4 Å². The van der Waals surface area contributed by atoms with Crippen molar-refractivity contribution in [2.45, 2.75) is 58.9 Å². The molecule has 0 amide bonds. The number of carbonyl (C=O) groups is 1. The van der Waals surface area contributed by atoms with Gasteiger partial charge in [0, 0.05) is 6.04 Å². The first kappa shape index (κ1) is 17.7. The van der Waals surface area contributed by atoms with E-state index in [9.17, 15) is 4.79 Å². The van der Waals surface area contributed by atoms with Crippen molar-refractivity contribution in [3.8, 4) is 0 Å². The van der Waals surface area contributed by atoms with Gasteiger partial charge in [0.2, 0.25) is 0 Å². The van der Waals surface area contributed by atoms with Crippen LogP contribution >= 0.6 is 0 Å². The fourth-order valence-electron chi connectivity index (χ4n) is 2.40. The smallest absolute Gasteiger partial charge is 0.307 e. The van der Waals surface area contributed by atoms with Gasteiger partial charge < -0.3 is 10.1 Å². The summed E-state index contributed by atoms with van der Waals surface area (Å²) in [5, 5.41) is 3.50. The number of unbranched alkanes of at least 4 members (excludes halogenated alkanes) is 2. The number of aryl methyl sites for hydroxylation is 2. The minimum Gasteiger partial charge on any atom is -0.469 e. The molecule has 1 aromatic carbocycles. The highest BCUT2D eigenvalue weighted by atomic mass is 16.5. The lowest BCUT2D eigenvalue weighted by molar-refractivity contribution is -0.141. The SMILES string of the molecule is CCCCCNC(CC(=O)OC)Cc1ccc(C)c(C)c1. The second-order valence-electron chi connectivity index (χ2n) is 5.76. The molecule has 0 fully saturated rings. The third-order valence-electron chi connectivity index (χ3n) is 3.91. The van der Waals surface area contributed by atoms with Crippen LogP contribution in [0.5, 0.6) is 0 Å². The molecule has 0 aliphatic rings. The molecule has 0 radical (unpaired) electrons. The number of ether oxygens (including phenoxy) is 1. The largest absolute Gasteiger partial charge is 0.469 e.